The third-order valence-corrected chi connectivity index (χ3v) is 5.18. The molecular weight excluding hydrogens is 324 g/mol. The van der Waals surface area contributed by atoms with Crippen molar-refractivity contribution in [3.63, 3.8) is 0 Å². The van der Waals surface area contributed by atoms with E-state index in [-0.39, 0.29) is 23.9 Å². The van der Waals surface area contributed by atoms with Gasteiger partial charge >= 0.3 is 0 Å². The van der Waals surface area contributed by atoms with Crippen molar-refractivity contribution >= 4 is 5.91 Å². The topological polar surface area (TPSA) is 71.2 Å². The van der Waals surface area contributed by atoms with E-state index in [4.69, 9.17) is 5.73 Å². The Bertz CT molecular complexity index is 684. The highest BCUT2D eigenvalue weighted by Crippen LogP contribution is 2.20. The minimum Gasteiger partial charge on any atom is -0.353 e. The van der Waals surface area contributed by atoms with Crippen LogP contribution in [-0.4, -0.2) is 34.9 Å². The summed E-state index contributed by atoms with van der Waals surface area (Å²) in [6, 6.07) is 15.8. The molecule has 2 atom stereocenters. The van der Waals surface area contributed by atoms with Gasteiger partial charge in [0.2, 0.25) is 5.91 Å². The van der Waals surface area contributed by atoms with E-state index in [0.29, 0.717) is 0 Å². The van der Waals surface area contributed by atoms with Crippen molar-refractivity contribution in [3.8, 4) is 0 Å². The van der Waals surface area contributed by atoms with Crippen LogP contribution in [0.1, 0.15) is 37.1 Å². The second-order valence-electron chi connectivity index (χ2n) is 7.11. The molecule has 1 saturated heterocycles. The van der Waals surface area contributed by atoms with Crippen LogP contribution in [0.5, 0.6) is 0 Å². The Balaban J connectivity index is 1.45. The Morgan fingerprint density at radius 1 is 1.19 bits per heavy atom. The van der Waals surface area contributed by atoms with Crippen molar-refractivity contribution in [2.45, 2.75) is 38.4 Å². The van der Waals surface area contributed by atoms with Crippen molar-refractivity contribution in [1.82, 2.24) is 15.2 Å². The normalized spacial score (nSPS) is 18.2. The lowest BCUT2D eigenvalue weighted by Crippen LogP contribution is -2.47. The van der Waals surface area contributed by atoms with Crippen LogP contribution in [0.15, 0.2) is 54.7 Å². The van der Waals surface area contributed by atoms with Crippen LogP contribution in [0.4, 0.5) is 0 Å². The van der Waals surface area contributed by atoms with Gasteiger partial charge in [0, 0.05) is 37.9 Å². The van der Waals surface area contributed by atoms with Crippen molar-refractivity contribution < 1.29 is 4.79 Å². The number of hydrogen-bond donors (Lipinski definition) is 2. The first-order valence-electron chi connectivity index (χ1n) is 9.36. The lowest BCUT2D eigenvalue weighted by Gasteiger charge is -2.33. The van der Waals surface area contributed by atoms with Crippen molar-refractivity contribution in [1.29, 1.82) is 0 Å². The first-order valence-corrected chi connectivity index (χ1v) is 9.36. The highest BCUT2D eigenvalue weighted by atomic mass is 16.2. The molecule has 5 heteroatoms. The molecule has 0 radical (unpaired) electrons. The quantitative estimate of drug-likeness (QED) is 0.838. The summed E-state index contributed by atoms with van der Waals surface area (Å²) in [7, 11) is 0. The van der Waals surface area contributed by atoms with E-state index < -0.39 is 0 Å². The number of carbonyl (C=O) groups excluding carboxylic acids is 1. The number of nitrogens with zero attached hydrogens (tertiary/aromatic N) is 2. The summed E-state index contributed by atoms with van der Waals surface area (Å²) >= 11 is 0. The summed E-state index contributed by atoms with van der Waals surface area (Å²) in [4.78, 5) is 19.4. The fraction of sp³-hybridized carbons (Fsp3) is 0.429. The van der Waals surface area contributed by atoms with Crippen LogP contribution >= 0.6 is 0 Å². The third-order valence-electron chi connectivity index (χ3n) is 5.18. The molecule has 5 nitrogen and oxygen atoms in total. The molecule has 1 aliphatic heterocycles. The van der Waals surface area contributed by atoms with Gasteiger partial charge in [-0.15, -0.1) is 0 Å². The monoisotopic (exact) mass is 352 g/mol. The number of aromatic nitrogens is 1. The van der Waals surface area contributed by atoms with Crippen LogP contribution in [0.2, 0.25) is 0 Å². The number of nitrogens with two attached hydrogens (primary N) is 1. The zero-order chi connectivity index (χ0) is 18.4. The summed E-state index contributed by atoms with van der Waals surface area (Å²) in [6.45, 7) is 4.72. The molecular formula is C21H28N4O. The Hall–Kier alpha value is -2.24. The number of benzene rings is 1. The fourth-order valence-corrected chi connectivity index (χ4v) is 3.42. The molecule has 0 aliphatic carbocycles. The molecule has 2 aromatic rings. The largest absolute Gasteiger partial charge is 0.353 e. The zero-order valence-corrected chi connectivity index (χ0v) is 15.3. The molecule has 1 aromatic heterocycles. The summed E-state index contributed by atoms with van der Waals surface area (Å²) in [6.07, 6.45) is 3.76. The van der Waals surface area contributed by atoms with Crippen LogP contribution in [0, 0.1) is 5.92 Å². The molecule has 3 N–H and O–H groups in total. The predicted octanol–water partition coefficient (Wildman–Crippen LogP) is 2.50. The van der Waals surface area contributed by atoms with Crippen molar-refractivity contribution in [2.75, 3.05) is 13.1 Å². The maximum atomic E-state index is 12.6. The van der Waals surface area contributed by atoms with Crippen LogP contribution in [0.25, 0.3) is 0 Å². The second kappa shape index (κ2) is 8.92. The van der Waals surface area contributed by atoms with Gasteiger partial charge in [-0.05, 0) is 30.5 Å². The fourth-order valence-electron chi connectivity index (χ4n) is 3.42. The number of likely N-dealkylation sites (tertiary alicyclic amines) is 1. The van der Waals surface area contributed by atoms with Gasteiger partial charge in [0.15, 0.2) is 0 Å². The number of amides is 1. The van der Waals surface area contributed by atoms with E-state index in [1.54, 1.807) is 0 Å². The van der Waals surface area contributed by atoms with Gasteiger partial charge in [0.1, 0.15) is 0 Å². The Morgan fingerprint density at radius 3 is 2.54 bits per heavy atom. The SMILES string of the molecule is CC(C(=O)NC1CCN(Cc2ccccn2)CC1)C(N)c1ccccc1. The average molecular weight is 352 g/mol. The Labute approximate surface area is 155 Å². The maximum absolute atomic E-state index is 12.6. The van der Waals surface area contributed by atoms with Gasteiger partial charge in [-0.1, -0.05) is 43.3 Å². The molecule has 138 valence electrons. The molecule has 26 heavy (non-hydrogen) atoms. The van der Waals surface area contributed by atoms with Crippen LogP contribution < -0.4 is 11.1 Å². The van der Waals surface area contributed by atoms with Gasteiger partial charge in [0.05, 0.1) is 11.6 Å². The highest BCUT2D eigenvalue weighted by molar-refractivity contribution is 5.79. The molecule has 0 bridgehead atoms. The van der Waals surface area contributed by atoms with E-state index in [0.717, 1.165) is 43.7 Å². The number of carbonyl (C=O) groups is 1. The van der Waals surface area contributed by atoms with Gasteiger partial charge in [-0.2, -0.15) is 0 Å². The minimum atomic E-state index is -0.277. The van der Waals surface area contributed by atoms with Gasteiger partial charge in [-0.3, -0.25) is 14.7 Å². The summed E-state index contributed by atoms with van der Waals surface area (Å²) in [5.41, 5.74) is 8.37. The maximum Gasteiger partial charge on any atom is 0.224 e. The van der Waals surface area contributed by atoms with E-state index >= 15 is 0 Å². The van der Waals surface area contributed by atoms with Crippen LogP contribution in [0.3, 0.4) is 0 Å². The number of nitrogens with one attached hydrogen (secondary N) is 1. The average Bonchev–Trinajstić information content (AvgIpc) is 2.70. The highest BCUT2D eigenvalue weighted by Gasteiger charge is 2.26. The third kappa shape index (κ3) is 4.90. The predicted molar refractivity (Wildman–Crippen MR) is 103 cm³/mol. The Kier molecular flexibility index (Phi) is 6.36. The van der Waals surface area contributed by atoms with Gasteiger partial charge in [0.25, 0.3) is 0 Å². The summed E-state index contributed by atoms with van der Waals surface area (Å²) < 4.78 is 0. The summed E-state index contributed by atoms with van der Waals surface area (Å²) in [5, 5.41) is 3.19. The van der Waals surface area contributed by atoms with E-state index in [2.05, 4.69) is 21.3 Å². The smallest absolute Gasteiger partial charge is 0.224 e. The van der Waals surface area contributed by atoms with Crippen molar-refractivity contribution in [2.24, 2.45) is 11.7 Å². The lowest BCUT2D eigenvalue weighted by molar-refractivity contribution is -0.126. The summed E-state index contributed by atoms with van der Waals surface area (Å²) in [5.74, 6) is -0.200. The molecule has 0 spiro atoms. The molecule has 1 amide bonds. The first kappa shape index (κ1) is 18.5. The molecule has 1 aromatic carbocycles. The van der Waals surface area contributed by atoms with Gasteiger partial charge in [-0.25, -0.2) is 0 Å². The van der Waals surface area contributed by atoms with Crippen LogP contribution in [-0.2, 0) is 11.3 Å². The number of hydrogen-bond acceptors (Lipinski definition) is 4. The standard InChI is InChI=1S/C21H28N4O/c1-16(20(22)17-7-3-2-4-8-17)21(26)24-18-10-13-25(14-11-18)15-19-9-5-6-12-23-19/h2-9,12,16,18,20H,10-11,13-15,22H2,1H3,(H,24,26). The molecule has 2 heterocycles. The Morgan fingerprint density at radius 2 is 1.88 bits per heavy atom. The number of rotatable bonds is 6. The van der Waals surface area contributed by atoms with E-state index in [9.17, 15) is 4.79 Å². The molecule has 1 aliphatic rings. The lowest BCUT2D eigenvalue weighted by atomic mass is 9.94. The molecule has 0 saturated carbocycles. The van der Waals surface area contributed by atoms with E-state index in [1.165, 1.54) is 0 Å². The number of piperidine rings is 1. The second-order valence-corrected chi connectivity index (χ2v) is 7.11. The number of pyridine rings is 1. The molecule has 1 fully saturated rings. The molecule has 3 rings (SSSR count). The first-order chi connectivity index (χ1) is 12.6. The zero-order valence-electron chi connectivity index (χ0n) is 15.3. The van der Waals surface area contributed by atoms with Crippen molar-refractivity contribution in [3.05, 3.63) is 66.0 Å². The molecule has 2 unspecified atom stereocenters. The van der Waals surface area contributed by atoms with Gasteiger partial charge < -0.3 is 11.1 Å². The minimum absolute atomic E-state index is 0.0459. The van der Waals surface area contributed by atoms with E-state index in [1.807, 2.05) is 55.6 Å².